The van der Waals surface area contributed by atoms with Gasteiger partial charge in [0.15, 0.2) is 0 Å². The Balaban J connectivity index is 2.13. The van der Waals surface area contributed by atoms with Crippen molar-refractivity contribution in [3.8, 4) is 0 Å². The molecule has 0 aliphatic carbocycles. The average Bonchev–Trinajstić information content (AvgIpc) is 2.36. The van der Waals surface area contributed by atoms with Crippen molar-refractivity contribution in [2.75, 3.05) is 18.4 Å². The zero-order valence-electron chi connectivity index (χ0n) is 11.4. The molecule has 1 aromatic rings. The lowest BCUT2D eigenvalue weighted by Crippen LogP contribution is -2.35. The summed E-state index contributed by atoms with van der Waals surface area (Å²) in [6.07, 6.45) is 0.301. The lowest BCUT2D eigenvalue weighted by atomic mass is 10.3. The first-order valence-corrected chi connectivity index (χ1v) is 6.43. The molecule has 0 saturated heterocycles. The Kier molecular flexibility index (Phi) is 6.43. The van der Waals surface area contributed by atoms with E-state index in [4.69, 9.17) is 0 Å². The van der Waals surface area contributed by atoms with Crippen molar-refractivity contribution < 1.29 is 9.59 Å². The van der Waals surface area contributed by atoms with Gasteiger partial charge in [-0.2, -0.15) is 0 Å². The van der Waals surface area contributed by atoms with E-state index >= 15 is 0 Å². The van der Waals surface area contributed by atoms with Gasteiger partial charge in [-0.05, 0) is 26.0 Å². The predicted molar refractivity (Wildman–Crippen MR) is 75.8 cm³/mol. The van der Waals surface area contributed by atoms with Gasteiger partial charge < -0.3 is 16.0 Å². The second kappa shape index (κ2) is 8.13. The van der Waals surface area contributed by atoms with Crippen LogP contribution in [0.1, 0.15) is 20.3 Å². The van der Waals surface area contributed by atoms with Gasteiger partial charge in [0, 0.05) is 24.7 Å². The molecule has 0 aliphatic rings. The number of para-hydroxylation sites is 1. The van der Waals surface area contributed by atoms with Crippen molar-refractivity contribution in [3.63, 3.8) is 0 Å². The van der Waals surface area contributed by atoms with E-state index in [1.54, 1.807) is 0 Å². The lowest BCUT2D eigenvalue weighted by molar-refractivity contribution is -0.122. The molecular formula is C14H21N3O2. The molecule has 5 heteroatoms. The maximum atomic E-state index is 11.5. The van der Waals surface area contributed by atoms with Crippen LogP contribution in [-0.4, -0.2) is 30.9 Å². The van der Waals surface area contributed by atoms with E-state index in [1.807, 2.05) is 44.2 Å². The van der Waals surface area contributed by atoms with Crippen molar-refractivity contribution in [1.29, 1.82) is 0 Å². The van der Waals surface area contributed by atoms with Gasteiger partial charge in [-0.25, -0.2) is 0 Å². The normalized spacial score (nSPS) is 10.1. The number of anilines is 1. The zero-order chi connectivity index (χ0) is 14.1. The largest absolute Gasteiger partial charge is 0.376 e. The fourth-order valence-corrected chi connectivity index (χ4v) is 1.51. The number of carbonyl (C=O) groups is 2. The number of carbonyl (C=O) groups excluding carboxylic acids is 2. The first kappa shape index (κ1) is 15.0. The maximum Gasteiger partial charge on any atom is 0.239 e. The molecule has 2 amide bonds. The summed E-state index contributed by atoms with van der Waals surface area (Å²) < 4.78 is 0. The van der Waals surface area contributed by atoms with Gasteiger partial charge in [0.2, 0.25) is 11.8 Å². The number of nitrogens with one attached hydrogen (secondary N) is 3. The third kappa shape index (κ3) is 7.08. The van der Waals surface area contributed by atoms with Crippen molar-refractivity contribution in [2.24, 2.45) is 0 Å². The van der Waals surface area contributed by atoms with Gasteiger partial charge in [0.05, 0.1) is 6.54 Å². The van der Waals surface area contributed by atoms with Gasteiger partial charge in [-0.15, -0.1) is 0 Å². The molecule has 0 spiro atoms. The highest BCUT2D eigenvalue weighted by molar-refractivity contribution is 5.82. The van der Waals surface area contributed by atoms with E-state index < -0.39 is 0 Å². The minimum Gasteiger partial charge on any atom is -0.376 e. The fourth-order valence-electron chi connectivity index (χ4n) is 1.51. The standard InChI is InChI=1S/C14H21N3O2/c1-11(2)17-13(18)8-9-15-14(19)10-16-12-6-4-3-5-7-12/h3-7,11,16H,8-10H2,1-2H3,(H,15,19)(H,17,18). The molecule has 1 rings (SSSR count). The number of hydrogen-bond acceptors (Lipinski definition) is 3. The summed E-state index contributed by atoms with van der Waals surface area (Å²) in [4.78, 5) is 22.9. The summed E-state index contributed by atoms with van der Waals surface area (Å²) in [5, 5.41) is 8.47. The van der Waals surface area contributed by atoms with Crippen LogP contribution in [0.5, 0.6) is 0 Å². The number of benzene rings is 1. The average molecular weight is 263 g/mol. The molecule has 104 valence electrons. The van der Waals surface area contributed by atoms with Crippen molar-refractivity contribution in [1.82, 2.24) is 10.6 Å². The highest BCUT2D eigenvalue weighted by Gasteiger charge is 2.04. The van der Waals surface area contributed by atoms with Gasteiger partial charge in [0.1, 0.15) is 0 Å². The molecule has 19 heavy (non-hydrogen) atoms. The third-order valence-electron chi connectivity index (χ3n) is 2.35. The molecule has 0 atom stereocenters. The zero-order valence-corrected chi connectivity index (χ0v) is 11.4. The van der Waals surface area contributed by atoms with Crippen LogP contribution in [0.15, 0.2) is 30.3 Å². The van der Waals surface area contributed by atoms with Gasteiger partial charge in [-0.3, -0.25) is 9.59 Å². The molecule has 3 N–H and O–H groups in total. The third-order valence-corrected chi connectivity index (χ3v) is 2.35. The summed E-state index contributed by atoms with van der Waals surface area (Å²) in [5.41, 5.74) is 0.898. The number of amides is 2. The van der Waals surface area contributed by atoms with Gasteiger partial charge >= 0.3 is 0 Å². The SMILES string of the molecule is CC(C)NC(=O)CCNC(=O)CNc1ccccc1. The molecule has 5 nitrogen and oxygen atoms in total. The van der Waals surface area contributed by atoms with Crippen LogP contribution in [-0.2, 0) is 9.59 Å². The minimum absolute atomic E-state index is 0.0497. The van der Waals surface area contributed by atoms with Crippen molar-refractivity contribution in [2.45, 2.75) is 26.3 Å². The predicted octanol–water partition coefficient (Wildman–Crippen LogP) is 1.13. The highest BCUT2D eigenvalue weighted by atomic mass is 16.2. The second-order valence-corrected chi connectivity index (χ2v) is 4.54. The Labute approximate surface area is 113 Å². The van der Waals surface area contributed by atoms with E-state index in [2.05, 4.69) is 16.0 Å². The van der Waals surface area contributed by atoms with Crippen LogP contribution in [0.2, 0.25) is 0 Å². The summed E-state index contributed by atoms with van der Waals surface area (Å²) in [7, 11) is 0. The first-order chi connectivity index (χ1) is 9.08. The van der Waals surface area contributed by atoms with Crippen LogP contribution in [0, 0.1) is 0 Å². The van der Waals surface area contributed by atoms with Crippen molar-refractivity contribution in [3.05, 3.63) is 30.3 Å². The van der Waals surface area contributed by atoms with E-state index in [0.717, 1.165) is 5.69 Å². The lowest BCUT2D eigenvalue weighted by Gasteiger charge is -2.09. The van der Waals surface area contributed by atoms with Gasteiger partial charge in [-0.1, -0.05) is 18.2 Å². The van der Waals surface area contributed by atoms with Crippen LogP contribution in [0.25, 0.3) is 0 Å². The summed E-state index contributed by atoms with van der Waals surface area (Å²) in [6.45, 7) is 4.37. The minimum atomic E-state index is -0.124. The molecular weight excluding hydrogens is 242 g/mol. The van der Waals surface area contributed by atoms with Crippen LogP contribution < -0.4 is 16.0 Å². The fraction of sp³-hybridized carbons (Fsp3) is 0.429. The summed E-state index contributed by atoms with van der Waals surface area (Å²) >= 11 is 0. The molecule has 0 radical (unpaired) electrons. The van der Waals surface area contributed by atoms with E-state index in [0.29, 0.717) is 13.0 Å². The van der Waals surface area contributed by atoms with Crippen molar-refractivity contribution >= 4 is 17.5 Å². The molecule has 1 aromatic carbocycles. The van der Waals surface area contributed by atoms with E-state index in [1.165, 1.54) is 0 Å². The van der Waals surface area contributed by atoms with Crippen LogP contribution in [0.4, 0.5) is 5.69 Å². The topological polar surface area (TPSA) is 70.2 Å². The monoisotopic (exact) mass is 263 g/mol. The maximum absolute atomic E-state index is 11.5. The quantitative estimate of drug-likeness (QED) is 0.690. The summed E-state index contributed by atoms with van der Waals surface area (Å²) in [6, 6.07) is 9.63. The van der Waals surface area contributed by atoms with Crippen LogP contribution in [0.3, 0.4) is 0 Å². The van der Waals surface area contributed by atoms with E-state index in [-0.39, 0.29) is 24.4 Å². The molecule has 0 fully saturated rings. The Morgan fingerprint density at radius 1 is 1.11 bits per heavy atom. The molecule has 0 heterocycles. The highest BCUT2D eigenvalue weighted by Crippen LogP contribution is 2.03. The molecule has 0 saturated carbocycles. The number of hydrogen-bond donors (Lipinski definition) is 3. The summed E-state index contributed by atoms with van der Waals surface area (Å²) in [5.74, 6) is -0.174. The van der Waals surface area contributed by atoms with Crippen LogP contribution >= 0.6 is 0 Å². The molecule has 0 bridgehead atoms. The Morgan fingerprint density at radius 3 is 2.42 bits per heavy atom. The molecule has 0 aromatic heterocycles. The number of rotatable bonds is 7. The Morgan fingerprint density at radius 2 is 1.79 bits per heavy atom. The second-order valence-electron chi connectivity index (χ2n) is 4.54. The Hall–Kier alpha value is -2.04. The Bertz CT molecular complexity index is 404. The molecule has 0 aliphatic heterocycles. The van der Waals surface area contributed by atoms with E-state index in [9.17, 15) is 9.59 Å². The molecule has 0 unspecified atom stereocenters. The van der Waals surface area contributed by atoms with Gasteiger partial charge in [0.25, 0.3) is 0 Å². The first-order valence-electron chi connectivity index (χ1n) is 6.43. The smallest absolute Gasteiger partial charge is 0.239 e.